The summed E-state index contributed by atoms with van der Waals surface area (Å²) in [6, 6.07) is 0. The van der Waals surface area contributed by atoms with Crippen molar-refractivity contribution in [2.75, 3.05) is 25.6 Å². The van der Waals surface area contributed by atoms with E-state index >= 15 is 0 Å². The molecular weight excluding hydrogens is 126 g/mol. The molecule has 1 atom stereocenters. The molecule has 0 aliphatic carbocycles. The zero-order valence-electron chi connectivity index (χ0n) is 5.13. The SMILES string of the molecule is CSCC[N+](C)([O-])O. The Labute approximate surface area is 53.4 Å². The van der Waals surface area contributed by atoms with Crippen molar-refractivity contribution < 1.29 is 10.0 Å². The molecule has 0 bridgehead atoms. The van der Waals surface area contributed by atoms with Crippen molar-refractivity contribution in [1.82, 2.24) is 0 Å². The molecule has 0 amide bonds. The van der Waals surface area contributed by atoms with E-state index in [-0.39, 0.29) is 6.54 Å². The molecule has 0 aliphatic rings. The van der Waals surface area contributed by atoms with Crippen molar-refractivity contribution in [3.05, 3.63) is 5.21 Å². The summed E-state index contributed by atoms with van der Waals surface area (Å²) in [4.78, 5) is -1.17. The summed E-state index contributed by atoms with van der Waals surface area (Å²) in [5, 5.41) is 18.9. The van der Waals surface area contributed by atoms with E-state index in [4.69, 9.17) is 5.21 Å². The smallest absolute Gasteiger partial charge is 0.117 e. The molecule has 0 aliphatic heterocycles. The molecule has 0 saturated heterocycles. The monoisotopic (exact) mass is 137 g/mol. The molecule has 0 aromatic heterocycles. The molecule has 3 nitrogen and oxygen atoms in total. The summed E-state index contributed by atoms with van der Waals surface area (Å²) in [5.74, 6) is 0.705. The highest BCUT2D eigenvalue weighted by Crippen LogP contribution is 1.96. The lowest BCUT2D eigenvalue weighted by atomic mass is 10.7. The highest BCUT2D eigenvalue weighted by atomic mass is 32.2. The molecule has 0 aromatic rings. The lowest BCUT2D eigenvalue weighted by molar-refractivity contribution is -1.05. The molecule has 1 N–H and O–H groups in total. The normalized spacial score (nSPS) is 18.0. The summed E-state index contributed by atoms with van der Waals surface area (Å²) < 4.78 is 0. The van der Waals surface area contributed by atoms with Crippen LogP contribution in [0.5, 0.6) is 0 Å². The number of rotatable bonds is 3. The van der Waals surface area contributed by atoms with Crippen molar-refractivity contribution in [3.63, 3.8) is 0 Å². The van der Waals surface area contributed by atoms with Crippen molar-refractivity contribution >= 4 is 11.8 Å². The second-order valence-corrected chi connectivity index (χ2v) is 2.75. The molecule has 4 heteroatoms. The molecular formula is C4H11NO2S. The highest BCUT2D eigenvalue weighted by Gasteiger charge is 2.01. The maximum atomic E-state index is 10.3. The molecule has 50 valence electrons. The number of quaternary nitrogens is 1. The van der Waals surface area contributed by atoms with E-state index in [0.29, 0.717) is 5.75 Å². The molecule has 0 aromatic carbocycles. The largest absolute Gasteiger partial charge is 0.599 e. The standard InChI is InChI=1S/C4H11NO2S/c1-5(6,7)3-4-8-2/h6H,3-4H2,1-2H3. The van der Waals surface area contributed by atoms with E-state index in [9.17, 15) is 5.21 Å². The predicted molar refractivity (Wildman–Crippen MR) is 34.6 cm³/mol. The fourth-order valence-electron chi connectivity index (χ4n) is 0.261. The van der Waals surface area contributed by atoms with Crippen LogP contribution in [0.4, 0.5) is 0 Å². The number of hydrogen-bond acceptors (Lipinski definition) is 3. The third kappa shape index (κ3) is 6.23. The van der Waals surface area contributed by atoms with Gasteiger partial charge in [-0.3, -0.25) is 0 Å². The first-order chi connectivity index (χ1) is 3.56. The average Bonchev–Trinajstić information content (AvgIpc) is 1.59. The van der Waals surface area contributed by atoms with Gasteiger partial charge in [-0.2, -0.15) is 11.8 Å². The minimum Gasteiger partial charge on any atom is -0.599 e. The Balaban J connectivity index is 3.11. The molecule has 0 radical (unpaired) electrons. The lowest BCUT2D eigenvalue weighted by Gasteiger charge is -2.27. The van der Waals surface area contributed by atoms with Gasteiger partial charge >= 0.3 is 0 Å². The van der Waals surface area contributed by atoms with Crippen LogP contribution < -0.4 is 0 Å². The Kier molecular flexibility index (Phi) is 3.39. The first-order valence-corrected chi connectivity index (χ1v) is 3.74. The minimum absolute atomic E-state index is 0.265. The fraction of sp³-hybridized carbons (Fsp3) is 1.00. The van der Waals surface area contributed by atoms with E-state index in [0.717, 1.165) is 0 Å². The summed E-state index contributed by atoms with van der Waals surface area (Å²) in [6.45, 7) is 0.265. The van der Waals surface area contributed by atoms with E-state index in [1.165, 1.54) is 7.05 Å². The van der Waals surface area contributed by atoms with Crippen LogP contribution in [0.25, 0.3) is 0 Å². The van der Waals surface area contributed by atoms with Crippen molar-refractivity contribution in [2.24, 2.45) is 0 Å². The maximum Gasteiger partial charge on any atom is 0.117 e. The average molecular weight is 137 g/mol. The Morgan fingerprint density at radius 3 is 2.38 bits per heavy atom. The van der Waals surface area contributed by atoms with Crippen LogP contribution >= 0.6 is 11.8 Å². The topological polar surface area (TPSA) is 43.3 Å². The maximum absolute atomic E-state index is 10.3. The number of thioether (sulfide) groups is 1. The van der Waals surface area contributed by atoms with Gasteiger partial charge in [-0.1, -0.05) is 0 Å². The van der Waals surface area contributed by atoms with Crippen molar-refractivity contribution in [1.29, 1.82) is 0 Å². The summed E-state index contributed by atoms with van der Waals surface area (Å²) in [6.07, 6.45) is 1.90. The van der Waals surface area contributed by atoms with Gasteiger partial charge in [0.1, 0.15) is 6.54 Å². The molecule has 0 rings (SSSR count). The summed E-state index contributed by atoms with van der Waals surface area (Å²) >= 11 is 1.55. The molecule has 0 heterocycles. The first-order valence-electron chi connectivity index (χ1n) is 2.34. The van der Waals surface area contributed by atoms with Crippen molar-refractivity contribution in [2.45, 2.75) is 0 Å². The van der Waals surface area contributed by atoms with Gasteiger partial charge < -0.3 is 5.21 Å². The third-order valence-electron chi connectivity index (χ3n) is 0.710. The fourth-order valence-corrected chi connectivity index (χ4v) is 0.782. The zero-order valence-corrected chi connectivity index (χ0v) is 5.94. The molecule has 0 saturated carbocycles. The minimum atomic E-state index is -1.17. The van der Waals surface area contributed by atoms with Crippen LogP contribution in [0, 0.1) is 5.21 Å². The summed E-state index contributed by atoms with van der Waals surface area (Å²) in [7, 11) is 1.22. The molecule has 8 heavy (non-hydrogen) atoms. The number of hydroxylamine groups is 4. The highest BCUT2D eigenvalue weighted by molar-refractivity contribution is 7.98. The lowest BCUT2D eigenvalue weighted by Crippen LogP contribution is -2.35. The van der Waals surface area contributed by atoms with E-state index in [1.54, 1.807) is 11.8 Å². The first kappa shape index (κ1) is 8.23. The Bertz CT molecular complexity index is 61.5. The predicted octanol–water partition coefficient (Wildman–Crippen LogP) is 0.683. The second kappa shape index (κ2) is 3.29. The Hall–Kier alpha value is 0.230. The molecule has 0 spiro atoms. The van der Waals surface area contributed by atoms with Gasteiger partial charge in [0.05, 0.1) is 7.05 Å². The third-order valence-corrected chi connectivity index (χ3v) is 1.30. The summed E-state index contributed by atoms with van der Waals surface area (Å²) in [5.41, 5.74) is 0. The van der Waals surface area contributed by atoms with E-state index in [1.807, 2.05) is 6.26 Å². The zero-order chi connectivity index (χ0) is 6.62. The molecule has 1 unspecified atom stereocenters. The van der Waals surface area contributed by atoms with Crippen LogP contribution in [0.1, 0.15) is 0 Å². The van der Waals surface area contributed by atoms with Crippen LogP contribution in [0.2, 0.25) is 0 Å². The van der Waals surface area contributed by atoms with Gasteiger partial charge in [-0.05, 0) is 6.26 Å². The van der Waals surface area contributed by atoms with Crippen LogP contribution in [-0.2, 0) is 0 Å². The van der Waals surface area contributed by atoms with Crippen molar-refractivity contribution in [3.8, 4) is 0 Å². The van der Waals surface area contributed by atoms with E-state index < -0.39 is 4.81 Å². The molecule has 0 fully saturated rings. The van der Waals surface area contributed by atoms with Gasteiger partial charge in [-0.25, -0.2) is 10.0 Å². The van der Waals surface area contributed by atoms with Crippen LogP contribution in [-0.4, -0.2) is 35.6 Å². The number of hydrogen-bond donors (Lipinski definition) is 1. The van der Waals surface area contributed by atoms with Gasteiger partial charge in [0.25, 0.3) is 0 Å². The van der Waals surface area contributed by atoms with Gasteiger partial charge in [-0.15, -0.1) is 0 Å². The van der Waals surface area contributed by atoms with Crippen LogP contribution in [0.3, 0.4) is 0 Å². The second-order valence-electron chi connectivity index (χ2n) is 1.77. The van der Waals surface area contributed by atoms with Gasteiger partial charge in [0.2, 0.25) is 0 Å². The van der Waals surface area contributed by atoms with Gasteiger partial charge in [0, 0.05) is 5.75 Å². The Morgan fingerprint density at radius 1 is 1.75 bits per heavy atom. The number of nitrogens with zero attached hydrogens (tertiary/aromatic N) is 1. The quantitative estimate of drug-likeness (QED) is 0.459. The van der Waals surface area contributed by atoms with Gasteiger partial charge in [0.15, 0.2) is 0 Å². The Morgan fingerprint density at radius 2 is 2.25 bits per heavy atom. The van der Waals surface area contributed by atoms with Crippen LogP contribution in [0.15, 0.2) is 0 Å². The van der Waals surface area contributed by atoms with E-state index in [2.05, 4.69) is 0 Å².